The van der Waals surface area contributed by atoms with E-state index in [2.05, 4.69) is 0 Å². The van der Waals surface area contributed by atoms with Gasteiger partial charge in [0, 0.05) is 0 Å². The molecule has 0 unspecified atom stereocenters. The summed E-state index contributed by atoms with van der Waals surface area (Å²) in [7, 11) is 0. The van der Waals surface area contributed by atoms with E-state index in [1.54, 1.807) is 72.8 Å². The molecule has 3 aromatic carbocycles. The van der Waals surface area contributed by atoms with Gasteiger partial charge in [-0.05, 0) is 0 Å². The van der Waals surface area contributed by atoms with E-state index in [1.165, 1.54) is 0 Å². The van der Waals surface area contributed by atoms with Crippen LogP contribution in [-0.2, 0) is 3.02 Å². The Morgan fingerprint density at radius 1 is 0.571 bits per heavy atom. The van der Waals surface area contributed by atoms with Crippen LogP contribution in [0, 0.1) is 0 Å². The van der Waals surface area contributed by atoms with Crippen LogP contribution in [0.3, 0.4) is 0 Å². The molecule has 0 bridgehead atoms. The van der Waals surface area contributed by atoms with E-state index in [0.29, 0.717) is 17.2 Å². The molecule has 3 rings (SSSR count). The molecule has 0 heterocycles. The Hall–Kier alpha value is -2.18. The molecule has 0 fully saturated rings. The Morgan fingerprint density at radius 2 is 0.786 bits per heavy atom. The van der Waals surface area contributed by atoms with E-state index in [4.69, 9.17) is 9.05 Å². The number of hydrogen-bond acceptors (Lipinski definition) is 4. The van der Waals surface area contributed by atoms with Gasteiger partial charge in [0.2, 0.25) is 0 Å². The fourth-order valence-electron chi connectivity index (χ4n) is 1.89. The Labute approximate surface area is 173 Å². The molecule has 0 aliphatic carbocycles. The summed E-state index contributed by atoms with van der Waals surface area (Å²) < 4.78 is 59.0. The molecule has 0 aliphatic rings. The van der Waals surface area contributed by atoms with Crippen LogP contribution in [-0.4, -0.2) is 26.7 Å². The van der Waals surface area contributed by atoms with Crippen molar-refractivity contribution in [2.24, 2.45) is 0 Å². The van der Waals surface area contributed by atoms with Gasteiger partial charge in [-0.2, -0.15) is 26.7 Å². The van der Waals surface area contributed by atoms with Crippen LogP contribution in [0.4, 0.5) is 13.2 Å². The Morgan fingerprint density at radius 3 is 1.00 bits per heavy atom. The normalized spacial score (nSPS) is 10.1. The first-order valence-electron chi connectivity index (χ1n) is 7.73. The third-order valence-electron chi connectivity index (χ3n) is 2.88. The Balaban J connectivity index is 0.000000717. The number of hydrogen-bond donors (Lipinski definition) is 0. The summed E-state index contributed by atoms with van der Waals surface area (Å²) in [6.07, 6.45) is 0. The molecule has 0 atom stereocenters. The van der Waals surface area contributed by atoms with Gasteiger partial charge in [0.25, 0.3) is 0 Å². The first kappa shape index (κ1) is 23.9. The van der Waals surface area contributed by atoms with Crippen molar-refractivity contribution in [3.05, 3.63) is 91.0 Å². The Kier molecular flexibility index (Phi) is 10.5. The molecule has 0 N–H and O–H groups in total. The number of alkyl halides is 3. The number of rotatable bonds is 6. The first-order valence-corrected chi connectivity index (χ1v) is 11.9. The molecule has 0 radical (unpaired) electrons. The van der Waals surface area contributed by atoms with Crippen molar-refractivity contribution in [1.29, 1.82) is 0 Å². The van der Waals surface area contributed by atoms with Crippen molar-refractivity contribution in [1.82, 2.24) is 0 Å². The van der Waals surface area contributed by atoms with E-state index in [0.717, 1.165) is 0 Å². The molecule has 0 amide bonds. The predicted octanol–water partition coefficient (Wildman–Crippen LogP) is 5.38. The van der Waals surface area contributed by atoms with Gasteiger partial charge >= 0.3 is 147 Å². The third kappa shape index (κ3) is 9.15. The molecule has 150 valence electrons. The van der Waals surface area contributed by atoms with Crippen LogP contribution < -0.4 is 9.05 Å². The second-order valence-electron chi connectivity index (χ2n) is 4.91. The Bertz CT molecular complexity index is 729. The molecule has 4 nitrogen and oxygen atoms in total. The quantitative estimate of drug-likeness (QED) is 0.409. The van der Waals surface area contributed by atoms with Gasteiger partial charge < -0.3 is 0 Å². The minimum absolute atomic E-state index is 0. The summed E-state index contributed by atoms with van der Waals surface area (Å²) in [6, 6.07) is 26.6. The van der Waals surface area contributed by atoms with Crippen LogP contribution in [0.1, 0.15) is 0 Å². The van der Waals surface area contributed by atoms with Crippen LogP contribution in [0.2, 0.25) is 0 Å². The van der Waals surface area contributed by atoms with Gasteiger partial charge in [0.15, 0.2) is 0 Å². The predicted molar refractivity (Wildman–Crippen MR) is 105 cm³/mol. The van der Waals surface area contributed by atoms with Gasteiger partial charge in [-0.15, -0.1) is 0 Å². The van der Waals surface area contributed by atoms with E-state index >= 15 is 0 Å². The standard InChI is InChI=1S/3C6H6O.CHF3.O.H2S.Sb/c3*7-6-4-2-1-3-5-6;2-1(3)4;;;/h3*1-5,7H;1H;;1H2;/q;;;;;;+3/p-3. The van der Waals surface area contributed by atoms with Crippen molar-refractivity contribution < 1.29 is 25.2 Å². The summed E-state index contributed by atoms with van der Waals surface area (Å²) in [6.45, 7) is -3.67. The van der Waals surface area contributed by atoms with Crippen LogP contribution in [0.25, 0.3) is 0 Å². The van der Waals surface area contributed by atoms with Crippen LogP contribution in [0.15, 0.2) is 91.0 Å². The van der Waals surface area contributed by atoms with E-state index < -0.39 is 26.7 Å². The van der Waals surface area contributed by atoms with Gasteiger partial charge in [-0.25, -0.2) is 0 Å². The zero-order valence-corrected chi connectivity index (χ0v) is 18.0. The van der Waals surface area contributed by atoms with Gasteiger partial charge in [-0.1, -0.05) is 0 Å². The molecule has 0 aliphatic heterocycles. The molecule has 0 saturated carbocycles. The van der Waals surface area contributed by atoms with Crippen molar-refractivity contribution >= 4 is 33.6 Å². The zero-order valence-electron chi connectivity index (χ0n) is 14.5. The summed E-state index contributed by atoms with van der Waals surface area (Å²) in [5.74, 6) is 1.33. The van der Waals surface area contributed by atoms with Crippen LogP contribution >= 0.6 is 13.5 Å². The molecule has 0 spiro atoms. The molecule has 9 heteroatoms. The fraction of sp³-hybridized carbons (Fsp3) is 0.0526. The molecule has 28 heavy (non-hydrogen) atoms. The fourth-order valence-corrected chi connectivity index (χ4v) is 5.46. The van der Waals surface area contributed by atoms with Crippen molar-refractivity contribution in [2.75, 3.05) is 0 Å². The monoisotopic (exact) mass is 520 g/mol. The molecule has 0 saturated heterocycles. The summed E-state index contributed by atoms with van der Waals surface area (Å²) in [5, 5.41) is 0. The number of benzene rings is 3. The minimum atomic E-state index is -4.96. The van der Waals surface area contributed by atoms with Crippen molar-refractivity contribution in [3.63, 3.8) is 0 Å². The maximum atomic E-state index is 13.1. The second-order valence-corrected chi connectivity index (χ2v) is 9.02. The van der Waals surface area contributed by atoms with Gasteiger partial charge in [0.05, 0.1) is 0 Å². The summed E-state index contributed by atoms with van der Waals surface area (Å²) >= 11 is -4.96. The third-order valence-corrected chi connectivity index (χ3v) is 6.60. The molecular formula is C19H18F3O4SSb. The topological polar surface area (TPSA) is 44.8 Å². The maximum absolute atomic E-state index is 13.1. The zero-order chi connectivity index (χ0) is 19.5. The summed E-state index contributed by atoms with van der Waals surface area (Å²) in [5.41, 5.74) is 0. The van der Waals surface area contributed by atoms with E-state index in [9.17, 15) is 16.2 Å². The molecular weight excluding hydrogens is 503 g/mol. The van der Waals surface area contributed by atoms with Crippen LogP contribution in [0.5, 0.6) is 17.2 Å². The average Bonchev–Trinajstić information content (AvgIpc) is 2.63. The average molecular weight is 521 g/mol. The SMILES string of the molecule is FC(F)F.S.[O]=[Sb]([O]c1ccccc1)([O]c1ccccc1)[O]c1ccccc1. The van der Waals surface area contributed by atoms with E-state index in [-0.39, 0.29) is 13.5 Å². The summed E-state index contributed by atoms with van der Waals surface area (Å²) in [4.78, 5) is 0. The molecule has 0 aromatic heterocycles. The van der Waals surface area contributed by atoms with Crippen molar-refractivity contribution in [3.8, 4) is 17.2 Å². The molecule has 3 aromatic rings. The number of para-hydroxylation sites is 3. The second kappa shape index (κ2) is 12.3. The van der Waals surface area contributed by atoms with E-state index in [1.807, 2.05) is 18.2 Å². The van der Waals surface area contributed by atoms with Crippen molar-refractivity contribution in [2.45, 2.75) is 6.68 Å². The first-order chi connectivity index (χ1) is 13.0. The van der Waals surface area contributed by atoms with Gasteiger partial charge in [0.1, 0.15) is 0 Å². The van der Waals surface area contributed by atoms with Gasteiger partial charge in [-0.3, -0.25) is 0 Å². The number of halogens is 3.